The van der Waals surface area contributed by atoms with Crippen molar-refractivity contribution in [1.29, 1.82) is 0 Å². The molecule has 5 rings (SSSR count). The molecule has 2 aromatic rings. The lowest BCUT2D eigenvalue weighted by molar-refractivity contribution is 0.0189. The van der Waals surface area contributed by atoms with Crippen LogP contribution in [0.15, 0.2) is 30.3 Å². The van der Waals surface area contributed by atoms with Crippen molar-refractivity contribution < 1.29 is 14.3 Å². The molecule has 2 unspecified atom stereocenters. The van der Waals surface area contributed by atoms with Gasteiger partial charge in [0.15, 0.2) is 0 Å². The van der Waals surface area contributed by atoms with Crippen molar-refractivity contribution in [2.75, 3.05) is 31.6 Å². The smallest absolute Gasteiger partial charge is 0.410 e. The molecule has 0 spiro atoms. The van der Waals surface area contributed by atoms with Crippen LogP contribution in [0.3, 0.4) is 0 Å². The summed E-state index contributed by atoms with van der Waals surface area (Å²) in [6, 6.07) is 11.8. The topological polar surface area (TPSA) is 42.0 Å². The third kappa shape index (κ3) is 3.85. The van der Waals surface area contributed by atoms with Crippen molar-refractivity contribution in [2.24, 2.45) is 0 Å². The second kappa shape index (κ2) is 7.96. The molecule has 3 aliphatic heterocycles. The van der Waals surface area contributed by atoms with Gasteiger partial charge in [0.1, 0.15) is 11.4 Å². The first-order valence-electron chi connectivity index (χ1n) is 12.3. The number of ether oxygens (including phenoxy) is 2. The SMILES string of the molecule is COc1cc(C(C)C)ccc1-c1cc2c3c(c1)C1CN(C(=O)OC(C)(C)C)CCC1N3CC2. The van der Waals surface area contributed by atoms with Gasteiger partial charge in [-0.05, 0) is 80.0 Å². The molecule has 1 fully saturated rings. The molecule has 0 aliphatic carbocycles. The minimum atomic E-state index is -0.474. The van der Waals surface area contributed by atoms with Crippen LogP contribution >= 0.6 is 0 Å². The van der Waals surface area contributed by atoms with Crippen LogP contribution in [0, 0.1) is 0 Å². The first-order chi connectivity index (χ1) is 15.7. The number of likely N-dealkylation sites (tertiary alicyclic amines) is 1. The van der Waals surface area contributed by atoms with Gasteiger partial charge in [-0.2, -0.15) is 0 Å². The normalized spacial score (nSPS) is 21.3. The van der Waals surface area contributed by atoms with E-state index in [0.717, 1.165) is 43.8 Å². The number of methoxy groups -OCH3 is 1. The summed E-state index contributed by atoms with van der Waals surface area (Å²) in [5.74, 6) is 1.71. The maximum Gasteiger partial charge on any atom is 0.410 e. The summed E-state index contributed by atoms with van der Waals surface area (Å²) in [7, 11) is 1.76. The zero-order chi connectivity index (χ0) is 23.5. The zero-order valence-electron chi connectivity index (χ0n) is 20.8. The molecule has 0 bridgehead atoms. The van der Waals surface area contributed by atoms with Gasteiger partial charge in [-0.3, -0.25) is 0 Å². The number of amides is 1. The molecule has 33 heavy (non-hydrogen) atoms. The largest absolute Gasteiger partial charge is 0.496 e. The number of fused-ring (bicyclic) bond motifs is 3. The molecule has 1 amide bonds. The minimum Gasteiger partial charge on any atom is -0.496 e. The van der Waals surface area contributed by atoms with Gasteiger partial charge >= 0.3 is 6.09 Å². The minimum absolute atomic E-state index is 0.194. The average Bonchev–Trinajstić information content (AvgIpc) is 3.33. The number of rotatable bonds is 3. The number of nitrogens with zero attached hydrogens (tertiary/aromatic N) is 2. The highest BCUT2D eigenvalue weighted by molar-refractivity contribution is 5.80. The van der Waals surface area contributed by atoms with E-state index in [1.54, 1.807) is 7.11 Å². The highest BCUT2D eigenvalue weighted by atomic mass is 16.6. The first-order valence-corrected chi connectivity index (χ1v) is 12.3. The Bertz CT molecular complexity index is 1090. The fraction of sp³-hybridized carbons (Fsp3) is 0.536. The second-order valence-corrected chi connectivity index (χ2v) is 11.0. The van der Waals surface area contributed by atoms with Crippen molar-refractivity contribution in [3.8, 4) is 16.9 Å². The van der Waals surface area contributed by atoms with Crippen molar-refractivity contribution in [3.63, 3.8) is 0 Å². The standard InChI is InChI=1S/C28H36N2O3/c1-17(2)18-7-8-21(25(15-18)32-6)20-13-19-9-12-30-24-10-11-29(27(31)33-28(3,4)5)16-23(24)22(14-20)26(19)30/h7-8,13-15,17,23-24H,9-12,16H2,1-6H3. The summed E-state index contributed by atoms with van der Waals surface area (Å²) >= 11 is 0. The molecule has 3 aliphatic rings. The zero-order valence-corrected chi connectivity index (χ0v) is 20.8. The van der Waals surface area contributed by atoms with E-state index in [1.165, 1.54) is 27.9 Å². The van der Waals surface area contributed by atoms with Gasteiger partial charge in [0.2, 0.25) is 0 Å². The van der Waals surface area contributed by atoms with Crippen LogP contribution in [0.25, 0.3) is 11.1 Å². The monoisotopic (exact) mass is 448 g/mol. The van der Waals surface area contributed by atoms with E-state index in [-0.39, 0.29) is 6.09 Å². The number of piperidine rings is 1. The number of carbonyl (C=O) groups excluding carboxylic acids is 1. The molecule has 176 valence electrons. The lowest BCUT2D eigenvalue weighted by Crippen LogP contribution is -2.49. The van der Waals surface area contributed by atoms with Gasteiger partial charge in [0.05, 0.1) is 7.11 Å². The summed E-state index contributed by atoms with van der Waals surface area (Å²) in [5.41, 5.74) is 7.39. The Morgan fingerprint density at radius 1 is 1.12 bits per heavy atom. The molecule has 5 nitrogen and oxygen atoms in total. The molecule has 1 saturated heterocycles. The maximum absolute atomic E-state index is 12.8. The molecular formula is C28H36N2O3. The third-order valence-corrected chi connectivity index (χ3v) is 7.36. The van der Waals surface area contributed by atoms with Crippen LogP contribution in [0.4, 0.5) is 10.5 Å². The van der Waals surface area contributed by atoms with E-state index in [4.69, 9.17) is 9.47 Å². The highest BCUT2D eigenvalue weighted by Crippen LogP contribution is 2.51. The van der Waals surface area contributed by atoms with E-state index < -0.39 is 5.60 Å². The van der Waals surface area contributed by atoms with Crippen molar-refractivity contribution >= 4 is 11.8 Å². The highest BCUT2D eigenvalue weighted by Gasteiger charge is 2.46. The number of hydrogen-bond donors (Lipinski definition) is 0. The Hall–Kier alpha value is -2.69. The summed E-state index contributed by atoms with van der Waals surface area (Å²) < 4.78 is 11.5. The summed E-state index contributed by atoms with van der Waals surface area (Å²) in [6.45, 7) is 12.8. The fourth-order valence-corrected chi connectivity index (χ4v) is 5.80. The van der Waals surface area contributed by atoms with E-state index in [1.807, 2.05) is 25.7 Å². The maximum atomic E-state index is 12.8. The fourth-order valence-electron chi connectivity index (χ4n) is 5.80. The lowest BCUT2D eigenvalue weighted by Gasteiger charge is -2.38. The third-order valence-electron chi connectivity index (χ3n) is 7.36. The van der Waals surface area contributed by atoms with E-state index >= 15 is 0 Å². The van der Waals surface area contributed by atoms with Crippen molar-refractivity contribution in [2.45, 2.75) is 70.9 Å². The van der Waals surface area contributed by atoms with Crippen LogP contribution in [0.1, 0.15) is 69.6 Å². The Morgan fingerprint density at radius 2 is 1.91 bits per heavy atom. The van der Waals surface area contributed by atoms with Crippen LogP contribution < -0.4 is 9.64 Å². The van der Waals surface area contributed by atoms with Gasteiger partial charge in [0, 0.05) is 42.8 Å². The van der Waals surface area contributed by atoms with Gasteiger partial charge in [-0.1, -0.05) is 26.0 Å². The molecular weight excluding hydrogens is 412 g/mol. The molecule has 0 N–H and O–H groups in total. The molecule has 2 aromatic carbocycles. The predicted molar refractivity (Wildman–Crippen MR) is 133 cm³/mol. The number of anilines is 1. The molecule has 0 aromatic heterocycles. The van der Waals surface area contributed by atoms with Crippen LogP contribution in [-0.2, 0) is 11.2 Å². The van der Waals surface area contributed by atoms with E-state index in [2.05, 4.69) is 49.1 Å². The Balaban J connectivity index is 1.51. The van der Waals surface area contributed by atoms with Crippen LogP contribution in [0.2, 0.25) is 0 Å². The van der Waals surface area contributed by atoms with Gasteiger partial charge in [-0.15, -0.1) is 0 Å². The summed E-state index contributed by atoms with van der Waals surface area (Å²) in [6.07, 6.45) is 1.88. The average molecular weight is 449 g/mol. The first kappa shape index (κ1) is 22.1. The quantitative estimate of drug-likeness (QED) is 0.581. The van der Waals surface area contributed by atoms with Crippen LogP contribution in [0.5, 0.6) is 5.75 Å². The Labute approximate surface area is 197 Å². The molecule has 3 heterocycles. The van der Waals surface area contributed by atoms with Crippen molar-refractivity contribution in [3.05, 3.63) is 47.0 Å². The summed E-state index contributed by atoms with van der Waals surface area (Å²) in [4.78, 5) is 17.3. The number of hydrogen-bond acceptors (Lipinski definition) is 4. The number of carbonyl (C=O) groups is 1. The second-order valence-electron chi connectivity index (χ2n) is 11.0. The Morgan fingerprint density at radius 3 is 2.61 bits per heavy atom. The van der Waals surface area contributed by atoms with Gasteiger partial charge < -0.3 is 19.3 Å². The molecule has 0 saturated carbocycles. The van der Waals surface area contributed by atoms with Gasteiger partial charge in [-0.25, -0.2) is 4.79 Å². The van der Waals surface area contributed by atoms with E-state index in [9.17, 15) is 4.79 Å². The lowest BCUT2D eigenvalue weighted by atomic mass is 9.86. The Kier molecular flexibility index (Phi) is 5.34. The van der Waals surface area contributed by atoms with Gasteiger partial charge in [0.25, 0.3) is 0 Å². The van der Waals surface area contributed by atoms with E-state index in [0.29, 0.717) is 17.9 Å². The van der Waals surface area contributed by atoms with Crippen LogP contribution in [-0.4, -0.2) is 49.4 Å². The molecule has 2 atom stereocenters. The van der Waals surface area contributed by atoms with Crippen molar-refractivity contribution in [1.82, 2.24) is 4.90 Å². The predicted octanol–water partition coefficient (Wildman–Crippen LogP) is 5.95. The number of benzene rings is 2. The molecule has 0 radical (unpaired) electrons. The summed E-state index contributed by atoms with van der Waals surface area (Å²) in [5, 5.41) is 0. The molecule has 5 heteroatoms.